The molecular weight excluding hydrogens is 348 g/mol. The van der Waals surface area contributed by atoms with Gasteiger partial charge >= 0.3 is 6.09 Å². The number of anilines is 1. The summed E-state index contributed by atoms with van der Waals surface area (Å²) in [5.41, 5.74) is 1.44. The number of hydrogen-bond donors (Lipinski definition) is 0. The summed E-state index contributed by atoms with van der Waals surface area (Å²) < 4.78 is 16.1. The Morgan fingerprint density at radius 1 is 1.11 bits per heavy atom. The van der Waals surface area contributed by atoms with Crippen LogP contribution in [0.1, 0.15) is 6.92 Å². The first-order chi connectivity index (χ1) is 13.3. The lowest BCUT2D eigenvalue weighted by molar-refractivity contribution is 0.105. The molecule has 1 fully saturated rings. The lowest BCUT2D eigenvalue weighted by Crippen LogP contribution is -2.49. The van der Waals surface area contributed by atoms with Crippen molar-refractivity contribution in [2.24, 2.45) is 0 Å². The molecule has 4 rings (SSSR count). The fraction of sp³-hybridized carbons (Fsp3) is 0.316. The van der Waals surface area contributed by atoms with Gasteiger partial charge in [0, 0.05) is 32.4 Å². The van der Waals surface area contributed by atoms with Crippen LogP contribution in [0.4, 0.5) is 10.7 Å². The van der Waals surface area contributed by atoms with Crippen molar-refractivity contribution in [2.45, 2.75) is 6.92 Å². The molecule has 0 bridgehead atoms. The first-order valence-corrected chi connectivity index (χ1v) is 8.87. The van der Waals surface area contributed by atoms with Gasteiger partial charge in [0.2, 0.25) is 5.95 Å². The van der Waals surface area contributed by atoms with E-state index in [1.165, 1.54) is 0 Å². The summed E-state index contributed by atoms with van der Waals surface area (Å²) in [6.45, 7) is 4.59. The van der Waals surface area contributed by atoms with Crippen LogP contribution in [0.2, 0.25) is 0 Å². The van der Waals surface area contributed by atoms with Gasteiger partial charge < -0.3 is 23.4 Å². The Balaban J connectivity index is 1.58. The molecular formula is C19H20N4O4. The standard InChI is InChI=1S/C19H20N4O4/c1-2-25-19(24)23-9-7-22(8-10-23)18-20-13-14(15-5-3-11-26-15)17(21-18)16-6-4-12-27-16/h3-6,11-13H,2,7-10H2,1H3. The van der Waals surface area contributed by atoms with Crippen molar-refractivity contribution < 1.29 is 18.4 Å². The number of ether oxygens (including phenoxy) is 1. The molecule has 8 nitrogen and oxygen atoms in total. The molecule has 0 N–H and O–H groups in total. The molecule has 1 saturated heterocycles. The highest BCUT2D eigenvalue weighted by Gasteiger charge is 2.25. The van der Waals surface area contributed by atoms with Crippen molar-refractivity contribution in [3.05, 3.63) is 43.0 Å². The molecule has 3 aromatic rings. The third-order valence-electron chi connectivity index (χ3n) is 4.41. The number of carbonyl (C=O) groups is 1. The number of rotatable bonds is 4. The van der Waals surface area contributed by atoms with E-state index < -0.39 is 0 Å². The van der Waals surface area contributed by atoms with Crippen LogP contribution in [0.25, 0.3) is 22.8 Å². The van der Waals surface area contributed by atoms with Gasteiger partial charge in [0.25, 0.3) is 0 Å². The number of nitrogens with zero attached hydrogens (tertiary/aromatic N) is 4. The van der Waals surface area contributed by atoms with Gasteiger partial charge in [-0.05, 0) is 31.2 Å². The van der Waals surface area contributed by atoms with E-state index in [0.29, 0.717) is 55.9 Å². The molecule has 1 aliphatic heterocycles. The predicted octanol–water partition coefficient (Wildman–Crippen LogP) is 3.28. The molecule has 0 aromatic carbocycles. The van der Waals surface area contributed by atoms with Crippen LogP contribution in [0.5, 0.6) is 0 Å². The van der Waals surface area contributed by atoms with E-state index in [1.807, 2.05) is 29.2 Å². The third kappa shape index (κ3) is 3.51. The normalized spacial score (nSPS) is 14.4. The van der Waals surface area contributed by atoms with Crippen LogP contribution in [-0.4, -0.2) is 53.7 Å². The summed E-state index contributed by atoms with van der Waals surface area (Å²) in [5.74, 6) is 1.93. The highest BCUT2D eigenvalue weighted by atomic mass is 16.6. The van der Waals surface area contributed by atoms with Crippen molar-refractivity contribution >= 4 is 12.0 Å². The molecule has 0 spiro atoms. The zero-order valence-electron chi connectivity index (χ0n) is 15.0. The average Bonchev–Trinajstić information content (AvgIpc) is 3.42. The Morgan fingerprint density at radius 3 is 2.44 bits per heavy atom. The molecule has 3 aromatic heterocycles. The van der Waals surface area contributed by atoms with Crippen molar-refractivity contribution in [2.75, 3.05) is 37.7 Å². The topological polar surface area (TPSA) is 84.8 Å². The van der Waals surface area contributed by atoms with Crippen LogP contribution >= 0.6 is 0 Å². The summed E-state index contributed by atoms with van der Waals surface area (Å²) in [4.78, 5) is 24.8. The van der Waals surface area contributed by atoms with E-state index in [4.69, 9.17) is 18.6 Å². The summed E-state index contributed by atoms with van der Waals surface area (Å²) in [7, 11) is 0. The van der Waals surface area contributed by atoms with Crippen molar-refractivity contribution in [1.29, 1.82) is 0 Å². The number of amides is 1. The Hall–Kier alpha value is -3.29. The van der Waals surface area contributed by atoms with Gasteiger partial charge in [-0.3, -0.25) is 0 Å². The molecule has 0 saturated carbocycles. The first kappa shape index (κ1) is 17.1. The molecule has 0 unspecified atom stereocenters. The fourth-order valence-electron chi connectivity index (χ4n) is 3.04. The van der Waals surface area contributed by atoms with Crippen LogP contribution in [0, 0.1) is 0 Å². The van der Waals surface area contributed by atoms with Gasteiger partial charge in [0.05, 0.1) is 24.7 Å². The molecule has 1 aliphatic rings. The van der Waals surface area contributed by atoms with Crippen LogP contribution in [0.3, 0.4) is 0 Å². The maximum Gasteiger partial charge on any atom is 0.409 e. The van der Waals surface area contributed by atoms with Gasteiger partial charge in [0.15, 0.2) is 5.76 Å². The van der Waals surface area contributed by atoms with Crippen LogP contribution in [-0.2, 0) is 4.74 Å². The minimum absolute atomic E-state index is 0.275. The summed E-state index contributed by atoms with van der Waals surface area (Å²) >= 11 is 0. The van der Waals surface area contributed by atoms with Gasteiger partial charge in [0.1, 0.15) is 11.5 Å². The number of aromatic nitrogens is 2. The minimum atomic E-state index is -0.275. The van der Waals surface area contributed by atoms with E-state index in [-0.39, 0.29) is 6.09 Å². The maximum atomic E-state index is 11.9. The molecule has 4 heterocycles. The van der Waals surface area contributed by atoms with Gasteiger partial charge in [-0.2, -0.15) is 0 Å². The number of carbonyl (C=O) groups excluding carboxylic acids is 1. The van der Waals surface area contributed by atoms with E-state index in [1.54, 1.807) is 30.5 Å². The molecule has 8 heteroatoms. The zero-order chi connectivity index (χ0) is 18.6. The van der Waals surface area contributed by atoms with Crippen molar-refractivity contribution in [3.8, 4) is 22.8 Å². The lowest BCUT2D eigenvalue weighted by Gasteiger charge is -2.34. The van der Waals surface area contributed by atoms with Gasteiger partial charge in [-0.15, -0.1) is 0 Å². The van der Waals surface area contributed by atoms with Gasteiger partial charge in [-0.1, -0.05) is 0 Å². The quantitative estimate of drug-likeness (QED) is 0.698. The highest BCUT2D eigenvalue weighted by molar-refractivity contribution is 5.76. The molecule has 27 heavy (non-hydrogen) atoms. The highest BCUT2D eigenvalue weighted by Crippen LogP contribution is 2.32. The number of piperazine rings is 1. The van der Waals surface area contributed by atoms with E-state index in [9.17, 15) is 4.79 Å². The second-order valence-corrected chi connectivity index (χ2v) is 6.06. The third-order valence-corrected chi connectivity index (χ3v) is 4.41. The monoisotopic (exact) mass is 368 g/mol. The van der Waals surface area contributed by atoms with E-state index in [2.05, 4.69) is 4.98 Å². The Kier molecular flexibility index (Phi) is 4.78. The van der Waals surface area contributed by atoms with E-state index >= 15 is 0 Å². The van der Waals surface area contributed by atoms with Crippen molar-refractivity contribution in [3.63, 3.8) is 0 Å². The second-order valence-electron chi connectivity index (χ2n) is 6.06. The smallest absolute Gasteiger partial charge is 0.409 e. The molecule has 0 aliphatic carbocycles. The Labute approximate surface area is 156 Å². The number of hydrogen-bond acceptors (Lipinski definition) is 7. The predicted molar refractivity (Wildman–Crippen MR) is 98.2 cm³/mol. The zero-order valence-corrected chi connectivity index (χ0v) is 15.0. The van der Waals surface area contributed by atoms with Crippen LogP contribution < -0.4 is 4.90 Å². The summed E-state index contributed by atoms with van der Waals surface area (Å²) in [5, 5.41) is 0. The SMILES string of the molecule is CCOC(=O)N1CCN(c2ncc(-c3ccco3)c(-c3ccco3)n2)CC1. The molecule has 0 radical (unpaired) electrons. The lowest BCUT2D eigenvalue weighted by atomic mass is 10.1. The average molecular weight is 368 g/mol. The largest absolute Gasteiger partial charge is 0.464 e. The first-order valence-electron chi connectivity index (χ1n) is 8.87. The second kappa shape index (κ2) is 7.53. The minimum Gasteiger partial charge on any atom is -0.464 e. The van der Waals surface area contributed by atoms with Gasteiger partial charge in [-0.25, -0.2) is 14.8 Å². The van der Waals surface area contributed by atoms with Crippen molar-refractivity contribution in [1.82, 2.24) is 14.9 Å². The maximum absolute atomic E-state index is 11.9. The summed E-state index contributed by atoms with van der Waals surface area (Å²) in [6, 6.07) is 7.37. The number of furan rings is 2. The summed E-state index contributed by atoms with van der Waals surface area (Å²) in [6.07, 6.45) is 4.70. The fourth-order valence-corrected chi connectivity index (χ4v) is 3.04. The van der Waals surface area contributed by atoms with E-state index in [0.717, 1.165) is 5.56 Å². The molecule has 140 valence electrons. The Morgan fingerprint density at radius 2 is 1.81 bits per heavy atom. The Bertz CT molecular complexity index is 885. The molecule has 1 amide bonds. The van der Waals surface area contributed by atoms with Crippen LogP contribution in [0.15, 0.2) is 51.8 Å². The molecule has 0 atom stereocenters.